The maximum atomic E-state index is 5.54. The zero-order valence-electron chi connectivity index (χ0n) is 13.3. The average Bonchev–Trinajstić information content (AvgIpc) is 3.10. The molecule has 5 nitrogen and oxygen atoms in total. The maximum Gasteiger partial charge on any atom is 0.181 e. The molecule has 0 amide bonds. The molecule has 2 fully saturated rings. The van der Waals surface area contributed by atoms with Crippen molar-refractivity contribution in [2.24, 2.45) is 5.41 Å². The van der Waals surface area contributed by atoms with Gasteiger partial charge in [0.15, 0.2) is 12.2 Å². The number of rotatable bonds is 3. The Balaban J connectivity index is 1.46. The van der Waals surface area contributed by atoms with Crippen LogP contribution in [0.15, 0.2) is 41.3 Å². The monoisotopic (exact) mass is 313 g/mol. The van der Waals surface area contributed by atoms with E-state index in [1.54, 1.807) is 6.20 Å². The van der Waals surface area contributed by atoms with Gasteiger partial charge >= 0.3 is 0 Å². The summed E-state index contributed by atoms with van der Waals surface area (Å²) in [6, 6.07) is 8.80. The summed E-state index contributed by atoms with van der Waals surface area (Å²) in [5, 5.41) is 7.30. The number of aromatic nitrogens is 1. The third-order valence-electron chi connectivity index (χ3n) is 5.07. The van der Waals surface area contributed by atoms with Crippen molar-refractivity contribution in [3.8, 4) is 11.3 Å². The summed E-state index contributed by atoms with van der Waals surface area (Å²) < 4.78 is 10.9. The number of nitrogens with one attached hydrogen (secondary N) is 2. The molecule has 0 saturated carbocycles. The molecular weight excluding hydrogens is 290 g/mol. The summed E-state index contributed by atoms with van der Waals surface area (Å²) in [7, 11) is 0. The van der Waals surface area contributed by atoms with E-state index in [9.17, 15) is 0 Å². The van der Waals surface area contributed by atoms with E-state index in [2.05, 4.69) is 33.8 Å². The molecule has 1 aromatic heterocycles. The van der Waals surface area contributed by atoms with Crippen molar-refractivity contribution < 1.29 is 9.15 Å². The quantitative estimate of drug-likeness (QED) is 0.912. The smallest absolute Gasteiger partial charge is 0.181 e. The highest BCUT2D eigenvalue weighted by molar-refractivity contribution is 5.63. The second kappa shape index (κ2) is 6.34. The molecule has 1 unspecified atom stereocenters. The normalized spacial score (nSPS) is 23.7. The van der Waals surface area contributed by atoms with Crippen LogP contribution < -0.4 is 10.6 Å². The Bertz CT molecular complexity index is 630. The second-order valence-corrected chi connectivity index (χ2v) is 6.74. The molecular formula is C18H23N3O2. The molecule has 1 aromatic carbocycles. The molecule has 0 bridgehead atoms. The van der Waals surface area contributed by atoms with Crippen molar-refractivity contribution >= 4 is 5.69 Å². The van der Waals surface area contributed by atoms with Gasteiger partial charge in [0, 0.05) is 43.6 Å². The fourth-order valence-corrected chi connectivity index (χ4v) is 3.82. The first-order chi connectivity index (χ1) is 11.3. The minimum absolute atomic E-state index is 0.400. The highest BCUT2D eigenvalue weighted by Gasteiger charge is 2.37. The van der Waals surface area contributed by atoms with E-state index in [1.165, 1.54) is 12.8 Å². The van der Waals surface area contributed by atoms with Gasteiger partial charge in [-0.3, -0.25) is 0 Å². The van der Waals surface area contributed by atoms with E-state index >= 15 is 0 Å². The molecule has 2 N–H and O–H groups in total. The highest BCUT2D eigenvalue weighted by atomic mass is 16.5. The first kappa shape index (κ1) is 14.7. The van der Waals surface area contributed by atoms with Crippen molar-refractivity contribution in [1.29, 1.82) is 0 Å². The van der Waals surface area contributed by atoms with E-state index in [0.717, 1.165) is 56.2 Å². The van der Waals surface area contributed by atoms with E-state index in [4.69, 9.17) is 9.15 Å². The fourth-order valence-electron chi connectivity index (χ4n) is 3.82. The Labute approximate surface area is 136 Å². The van der Waals surface area contributed by atoms with Crippen molar-refractivity contribution in [2.45, 2.75) is 25.3 Å². The number of nitrogens with zero attached hydrogens (tertiary/aromatic N) is 1. The highest BCUT2D eigenvalue weighted by Crippen LogP contribution is 2.37. The number of ether oxygens (including phenoxy) is 1. The summed E-state index contributed by atoms with van der Waals surface area (Å²) in [4.78, 5) is 3.99. The first-order valence-electron chi connectivity index (χ1n) is 8.37. The molecule has 0 aliphatic carbocycles. The summed E-state index contributed by atoms with van der Waals surface area (Å²) in [5.41, 5.74) is 2.59. The lowest BCUT2D eigenvalue weighted by Gasteiger charge is -2.44. The van der Waals surface area contributed by atoms with E-state index in [1.807, 2.05) is 6.07 Å². The van der Waals surface area contributed by atoms with Crippen molar-refractivity contribution in [1.82, 2.24) is 10.3 Å². The molecule has 5 heteroatoms. The van der Waals surface area contributed by atoms with Crippen molar-refractivity contribution in [3.05, 3.63) is 36.9 Å². The molecule has 122 valence electrons. The molecule has 1 atom stereocenters. The van der Waals surface area contributed by atoms with Gasteiger partial charge in [0.1, 0.15) is 0 Å². The third kappa shape index (κ3) is 3.26. The third-order valence-corrected chi connectivity index (χ3v) is 5.07. The van der Waals surface area contributed by atoms with Gasteiger partial charge in [-0.2, -0.15) is 0 Å². The van der Waals surface area contributed by atoms with Gasteiger partial charge in [-0.15, -0.1) is 0 Å². The van der Waals surface area contributed by atoms with Crippen LogP contribution in [-0.2, 0) is 4.74 Å². The molecule has 3 heterocycles. The molecule has 2 aliphatic heterocycles. The van der Waals surface area contributed by atoms with Crippen LogP contribution in [0.25, 0.3) is 11.3 Å². The van der Waals surface area contributed by atoms with Crippen LogP contribution in [0.4, 0.5) is 5.69 Å². The van der Waals surface area contributed by atoms with Gasteiger partial charge in [-0.05, 0) is 36.8 Å². The van der Waals surface area contributed by atoms with Crippen LogP contribution in [0.2, 0.25) is 0 Å². The summed E-state index contributed by atoms with van der Waals surface area (Å²) in [6.07, 6.45) is 6.75. The molecule has 2 aliphatic rings. The van der Waals surface area contributed by atoms with Crippen LogP contribution in [0.3, 0.4) is 0 Å². The minimum Gasteiger partial charge on any atom is -0.444 e. The number of piperidine rings is 1. The van der Waals surface area contributed by atoms with Crippen LogP contribution in [-0.4, -0.2) is 37.3 Å². The zero-order valence-corrected chi connectivity index (χ0v) is 13.3. The second-order valence-electron chi connectivity index (χ2n) is 6.74. The van der Waals surface area contributed by atoms with Gasteiger partial charge in [0.2, 0.25) is 0 Å². The predicted molar refractivity (Wildman–Crippen MR) is 89.3 cm³/mol. The fraction of sp³-hybridized carbons (Fsp3) is 0.500. The number of hydrogen-bond donors (Lipinski definition) is 2. The average molecular weight is 313 g/mol. The topological polar surface area (TPSA) is 59.3 Å². The summed E-state index contributed by atoms with van der Waals surface area (Å²) in [5.74, 6) is 0.802. The van der Waals surface area contributed by atoms with Gasteiger partial charge in [-0.25, -0.2) is 4.98 Å². The van der Waals surface area contributed by atoms with E-state index < -0.39 is 0 Å². The Hall–Kier alpha value is -1.85. The Kier molecular flexibility index (Phi) is 4.06. The number of oxazole rings is 1. The number of benzene rings is 1. The van der Waals surface area contributed by atoms with Crippen molar-refractivity contribution in [2.75, 3.05) is 31.6 Å². The largest absolute Gasteiger partial charge is 0.444 e. The number of hydrogen-bond acceptors (Lipinski definition) is 5. The van der Waals surface area contributed by atoms with Crippen LogP contribution in [0.1, 0.15) is 19.3 Å². The minimum atomic E-state index is 0.400. The Morgan fingerprint density at radius 2 is 2.17 bits per heavy atom. The van der Waals surface area contributed by atoms with Gasteiger partial charge in [0.25, 0.3) is 0 Å². The molecule has 1 spiro atoms. The van der Waals surface area contributed by atoms with Gasteiger partial charge in [0.05, 0.1) is 6.20 Å². The SMILES string of the molecule is c1cc(NC2CNCC3(CCOCC3)C2)cc(-c2cnco2)c1. The Morgan fingerprint density at radius 3 is 3.00 bits per heavy atom. The predicted octanol–water partition coefficient (Wildman–Crippen LogP) is 2.91. The van der Waals surface area contributed by atoms with Gasteiger partial charge in [-0.1, -0.05) is 12.1 Å². The standard InChI is InChI=1S/C18H23N3O2/c1-2-14(17-11-20-13-23-17)8-15(3-1)21-16-9-18(12-19-10-16)4-6-22-7-5-18/h1-3,8,11,13,16,19,21H,4-7,9-10,12H2. The van der Waals surface area contributed by atoms with E-state index in [-0.39, 0.29) is 0 Å². The molecule has 4 rings (SSSR count). The summed E-state index contributed by atoms with van der Waals surface area (Å²) in [6.45, 7) is 3.92. The van der Waals surface area contributed by atoms with E-state index in [0.29, 0.717) is 11.5 Å². The lowest BCUT2D eigenvalue weighted by atomic mass is 9.73. The van der Waals surface area contributed by atoms with Crippen LogP contribution in [0, 0.1) is 5.41 Å². The van der Waals surface area contributed by atoms with Gasteiger partial charge < -0.3 is 19.8 Å². The number of anilines is 1. The molecule has 0 radical (unpaired) electrons. The molecule has 23 heavy (non-hydrogen) atoms. The summed E-state index contributed by atoms with van der Waals surface area (Å²) >= 11 is 0. The maximum absolute atomic E-state index is 5.54. The lowest BCUT2D eigenvalue weighted by molar-refractivity contribution is 0.000376. The van der Waals surface area contributed by atoms with Crippen molar-refractivity contribution in [3.63, 3.8) is 0 Å². The Morgan fingerprint density at radius 1 is 1.26 bits per heavy atom. The lowest BCUT2D eigenvalue weighted by Crippen LogP contribution is -2.51. The molecule has 2 aromatic rings. The van der Waals surface area contributed by atoms with Crippen LogP contribution in [0.5, 0.6) is 0 Å². The first-order valence-corrected chi connectivity index (χ1v) is 8.37. The zero-order chi connectivity index (χ0) is 15.5. The molecule has 2 saturated heterocycles. The van der Waals surface area contributed by atoms with Crippen LogP contribution >= 0.6 is 0 Å².